The second-order valence-corrected chi connectivity index (χ2v) is 5.14. The molecule has 22 heavy (non-hydrogen) atoms. The second kappa shape index (κ2) is 7.46. The quantitative estimate of drug-likeness (QED) is 0.502. The number of nitro groups is 1. The monoisotopic (exact) mass is 318 g/mol. The molecule has 0 radical (unpaired) electrons. The number of carbonyl (C=O) groups excluding carboxylic acids is 1. The molecular weight excluding hydrogens is 304 g/mol. The van der Waals surface area contributed by atoms with Crippen LogP contribution in [-0.2, 0) is 4.79 Å². The lowest BCUT2D eigenvalue weighted by atomic mass is 10.3. The van der Waals surface area contributed by atoms with Gasteiger partial charge in [-0.3, -0.25) is 14.9 Å². The van der Waals surface area contributed by atoms with Crippen LogP contribution in [0.25, 0.3) is 0 Å². The molecule has 1 amide bonds. The molecule has 0 spiro atoms. The van der Waals surface area contributed by atoms with Crippen molar-refractivity contribution in [1.29, 1.82) is 0 Å². The summed E-state index contributed by atoms with van der Waals surface area (Å²) in [4.78, 5) is 23.0. The van der Waals surface area contributed by atoms with Gasteiger partial charge in [-0.2, -0.15) is 0 Å². The van der Waals surface area contributed by atoms with Gasteiger partial charge in [0.25, 0.3) is 11.6 Å². The van der Waals surface area contributed by atoms with Crippen molar-refractivity contribution >= 4 is 29.0 Å². The zero-order chi connectivity index (χ0) is 15.9. The van der Waals surface area contributed by atoms with E-state index in [2.05, 4.69) is 5.32 Å². The summed E-state index contributed by atoms with van der Waals surface area (Å²) in [6.45, 7) is -0.218. The van der Waals surface area contributed by atoms with Crippen molar-refractivity contribution in [2.45, 2.75) is 4.90 Å². The molecule has 0 saturated carbocycles. The van der Waals surface area contributed by atoms with Crippen LogP contribution in [0, 0.1) is 10.1 Å². The molecule has 2 aromatic rings. The van der Waals surface area contributed by atoms with E-state index in [-0.39, 0.29) is 24.0 Å². The lowest BCUT2D eigenvalue weighted by molar-refractivity contribution is -0.384. The lowest BCUT2D eigenvalue weighted by Crippen LogP contribution is -2.20. The number of nitrogens with zero attached hydrogens (tertiary/aromatic N) is 1. The molecule has 0 fully saturated rings. The first-order valence-corrected chi connectivity index (χ1v) is 7.63. The standard InChI is InChI=1S/C15H14N2O4S/c1-22-14-8-3-2-7-13(14)16-15(18)10-21-12-6-4-5-11(9-12)17(19)20/h2-9H,10H2,1H3,(H,16,18). The minimum absolute atomic E-state index is 0.0781. The number of nitrogens with one attached hydrogen (secondary N) is 1. The van der Waals surface area contributed by atoms with Gasteiger partial charge in [0.05, 0.1) is 16.7 Å². The normalized spacial score (nSPS) is 10.0. The summed E-state index contributed by atoms with van der Waals surface area (Å²) in [7, 11) is 0. The SMILES string of the molecule is CSc1ccccc1NC(=O)COc1cccc([N+](=O)[O-])c1. The number of hydrogen-bond acceptors (Lipinski definition) is 5. The zero-order valence-corrected chi connectivity index (χ0v) is 12.6. The van der Waals surface area contributed by atoms with Gasteiger partial charge in [-0.15, -0.1) is 11.8 Å². The minimum Gasteiger partial charge on any atom is -0.484 e. The number of rotatable bonds is 6. The number of thioether (sulfide) groups is 1. The van der Waals surface area contributed by atoms with Gasteiger partial charge in [-0.1, -0.05) is 18.2 Å². The number of ether oxygens (including phenoxy) is 1. The van der Waals surface area contributed by atoms with Crippen LogP contribution < -0.4 is 10.1 Å². The smallest absolute Gasteiger partial charge is 0.273 e. The van der Waals surface area contributed by atoms with Gasteiger partial charge < -0.3 is 10.1 Å². The average molecular weight is 318 g/mol. The maximum atomic E-state index is 11.9. The highest BCUT2D eigenvalue weighted by Gasteiger charge is 2.09. The number of non-ortho nitro benzene ring substituents is 1. The average Bonchev–Trinajstić information content (AvgIpc) is 2.53. The van der Waals surface area contributed by atoms with E-state index in [9.17, 15) is 14.9 Å². The van der Waals surface area contributed by atoms with Crippen LogP contribution >= 0.6 is 11.8 Å². The number of anilines is 1. The maximum absolute atomic E-state index is 11.9. The molecule has 0 atom stereocenters. The van der Waals surface area contributed by atoms with E-state index in [1.165, 1.54) is 30.0 Å². The molecule has 114 valence electrons. The highest BCUT2D eigenvalue weighted by Crippen LogP contribution is 2.24. The Kier molecular flexibility index (Phi) is 5.37. The fraction of sp³-hybridized carbons (Fsp3) is 0.133. The highest BCUT2D eigenvalue weighted by atomic mass is 32.2. The Balaban J connectivity index is 1.95. The Morgan fingerprint density at radius 1 is 1.27 bits per heavy atom. The molecular formula is C15H14N2O4S. The third-order valence-corrected chi connectivity index (χ3v) is 3.58. The third kappa shape index (κ3) is 4.23. The predicted octanol–water partition coefficient (Wildman–Crippen LogP) is 3.33. The molecule has 0 aliphatic heterocycles. The van der Waals surface area contributed by atoms with Crippen molar-refractivity contribution in [3.05, 3.63) is 58.6 Å². The summed E-state index contributed by atoms with van der Waals surface area (Å²) < 4.78 is 5.28. The molecule has 0 aromatic heterocycles. The molecule has 6 nitrogen and oxygen atoms in total. The first kappa shape index (κ1) is 15.8. The van der Waals surface area contributed by atoms with E-state index in [0.717, 1.165) is 4.90 Å². The number of amides is 1. The minimum atomic E-state index is -0.512. The molecule has 0 aliphatic rings. The Hall–Kier alpha value is -2.54. The summed E-state index contributed by atoms with van der Waals surface area (Å²) in [5.41, 5.74) is 0.633. The van der Waals surface area contributed by atoms with Crippen molar-refractivity contribution < 1.29 is 14.5 Å². The number of hydrogen-bond donors (Lipinski definition) is 1. The zero-order valence-electron chi connectivity index (χ0n) is 11.8. The van der Waals surface area contributed by atoms with Gasteiger partial charge in [-0.25, -0.2) is 0 Å². The van der Waals surface area contributed by atoms with Crippen molar-refractivity contribution in [3.8, 4) is 5.75 Å². The van der Waals surface area contributed by atoms with Crippen molar-refractivity contribution in [1.82, 2.24) is 0 Å². The Bertz CT molecular complexity index is 691. The van der Waals surface area contributed by atoms with E-state index < -0.39 is 4.92 Å². The van der Waals surface area contributed by atoms with Crippen molar-refractivity contribution in [2.24, 2.45) is 0 Å². The predicted molar refractivity (Wildman–Crippen MR) is 85.4 cm³/mol. The molecule has 0 unspecified atom stereocenters. The number of nitro benzene ring substituents is 1. The van der Waals surface area contributed by atoms with Crippen LogP contribution in [0.3, 0.4) is 0 Å². The Morgan fingerprint density at radius 2 is 2.05 bits per heavy atom. The Morgan fingerprint density at radius 3 is 2.77 bits per heavy atom. The summed E-state index contributed by atoms with van der Waals surface area (Å²) in [5, 5.41) is 13.4. The summed E-state index contributed by atoms with van der Waals surface area (Å²) in [6, 6.07) is 13.1. The van der Waals surface area contributed by atoms with Gasteiger partial charge in [-0.05, 0) is 24.5 Å². The third-order valence-electron chi connectivity index (χ3n) is 2.78. The van der Waals surface area contributed by atoms with Crippen LogP contribution in [0.2, 0.25) is 0 Å². The van der Waals surface area contributed by atoms with E-state index in [0.29, 0.717) is 5.69 Å². The number of carbonyl (C=O) groups is 1. The summed E-state index contributed by atoms with van der Waals surface area (Å²) >= 11 is 1.53. The number of benzene rings is 2. The first-order valence-electron chi connectivity index (χ1n) is 6.40. The summed E-state index contributed by atoms with van der Waals surface area (Å²) in [5.74, 6) is -0.0458. The molecule has 1 N–H and O–H groups in total. The molecule has 0 aliphatic carbocycles. The second-order valence-electron chi connectivity index (χ2n) is 4.29. The molecule has 7 heteroatoms. The Labute approximate surface area is 131 Å². The van der Waals surface area contributed by atoms with Crippen LogP contribution in [0.4, 0.5) is 11.4 Å². The molecule has 2 aromatic carbocycles. The lowest BCUT2D eigenvalue weighted by Gasteiger charge is -2.10. The highest BCUT2D eigenvalue weighted by molar-refractivity contribution is 7.98. The van der Waals surface area contributed by atoms with Crippen LogP contribution in [0.5, 0.6) is 5.75 Å². The molecule has 0 bridgehead atoms. The van der Waals surface area contributed by atoms with Crippen LogP contribution in [0.15, 0.2) is 53.4 Å². The van der Waals surface area contributed by atoms with E-state index in [4.69, 9.17) is 4.74 Å². The van der Waals surface area contributed by atoms with Gasteiger partial charge in [0, 0.05) is 11.0 Å². The molecule has 0 saturated heterocycles. The summed E-state index contributed by atoms with van der Waals surface area (Å²) in [6.07, 6.45) is 1.92. The first-order chi connectivity index (χ1) is 10.6. The fourth-order valence-electron chi connectivity index (χ4n) is 1.77. The van der Waals surface area contributed by atoms with E-state index in [1.54, 1.807) is 12.1 Å². The van der Waals surface area contributed by atoms with Crippen LogP contribution in [0.1, 0.15) is 0 Å². The van der Waals surface area contributed by atoms with Crippen molar-refractivity contribution in [2.75, 3.05) is 18.2 Å². The fourth-order valence-corrected chi connectivity index (χ4v) is 2.32. The number of para-hydroxylation sites is 1. The largest absolute Gasteiger partial charge is 0.484 e. The molecule has 0 heterocycles. The van der Waals surface area contributed by atoms with Gasteiger partial charge in [0.15, 0.2) is 6.61 Å². The van der Waals surface area contributed by atoms with Gasteiger partial charge >= 0.3 is 0 Å². The van der Waals surface area contributed by atoms with Gasteiger partial charge in [0.2, 0.25) is 0 Å². The van der Waals surface area contributed by atoms with E-state index >= 15 is 0 Å². The van der Waals surface area contributed by atoms with Gasteiger partial charge in [0.1, 0.15) is 5.75 Å². The van der Waals surface area contributed by atoms with E-state index in [1.807, 2.05) is 24.5 Å². The maximum Gasteiger partial charge on any atom is 0.273 e. The van der Waals surface area contributed by atoms with Crippen molar-refractivity contribution in [3.63, 3.8) is 0 Å². The van der Waals surface area contributed by atoms with Crippen LogP contribution in [-0.4, -0.2) is 23.7 Å². The topological polar surface area (TPSA) is 81.5 Å². The molecule has 2 rings (SSSR count).